The summed E-state index contributed by atoms with van der Waals surface area (Å²) in [6, 6.07) is 14.9. The highest BCUT2D eigenvalue weighted by Crippen LogP contribution is 2.28. The van der Waals surface area contributed by atoms with Gasteiger partial charge < -0.3 is 15.4 Å². The molecule has 0 aromatic heterocycles. The zero-order chi connectivity index (χ0) is 18.5. The standard InChI is InChI=1S/C19H19N3O4/c1-26-18(24)15(11-13-7-3-2-4-8-13)21-19(25)22-12-17(23)20-14-9-5-6-10-16(14)22/h2-10,15H,11-12H2,1H3,(H,20,23)(H,21,25)/t15-/m1/s1. The van der Waals surface area contributed by atoms with Gasteiger partial charge in [0.15, 0.2) is 0 Å². The fraction of sp³-hybridized carbons (Fsp3) is 0.211. The zero-order valence-corrected chi connectivity index (χ0v) is 14.3. The van der Waals surface area contributed by atoms with Crippen molar-refractivity contribution in [3.05, 3.63) is 60.2 Å². The second-order valence-corrected chi connectivity index (χ2v) is 5.87. The molecule has 2 N–H and O–H groups in total. The number of methoxy groups -OCH3 is 1. The van der Waals surface area contributed by atoms with Crippen LogP contribution >= 0.6 is 0 Å². The second-order valence-electron chi connectivity index (χ2n) is 5.87. The first-order valence-electron chi connectivity index (χ1n) is 8.17. The van der Waals surface area contributed by atoms with Crippen LogP contribution in [0.4, 0.5) is 16.2 Å². The van der Waals surface area contributed by atoms with Crippen LogP contribution in [0.25, 0.3) is 0 Å². The predicted octanol–water partition coefficient (Wildman–Crippen LogP) is 1.94. The summed E-state index contributed by atoms with van der Waals surface area (Å²) in [6.45, 7) is -0.123. The molecule has 1 aliphatic rings. The Morgan fingerprint density at radius 3 is 2.58 bits per heavy atom. The van der Waals surface area contributed by atoms with E-state index in [1.807, 2.05) is 30.3 Å². The van der Waals surface area contributed by atoms with Crippen molar-refractivity contribution in [2.75, 3.05) is 23.9 Å². The first-order valence-corrected chi connectivity index (χ1v) is 8.17. The Labute approximate surface area is 150 Å². The molecule has 0 fully saturated rings. The average molecular weight is 353 g/mol. The molecule has 0 saturated heterocycles. The zero-order valence-electron chi connectivity index (χ0n) is 14.3. The quantitative estimate of drug-likeness (QED) is 0.823. The minimum Gasteiger partial charge on any atom is -0.467 e. The minimum absolute atomic E-state index is 0.123. The summed E-state index contributed by atoms with van der Waals surface area (Å²) >= 11 is 0. The lowest BCUT2D eigenvalue weighted by atomic mass is 10.1. The van der Waals surface area contributed by atoms with Crippen LogP contribution in [0.1, 0.15) is 5.56 Å². The van der Waals surface area contributed by atoms with Crippen LogP contribution in [0, 0.1) is 0 Å². The van der Waals surface area contributed by atoms with Crippen LogP contribution < -0.4 is 15.5 Å². The number of esters is 1. The van der Waals surface area contributed by atoms with E-state index in [0.29, 0.717) is 17.8 Å². The van der Waals surface area contributed by atoms with Crippen LogP contribution in [0.15, 0.2) is 54.6 Å². The van der Waals surface area contributed by atoms with Gasteiger partial charge in [0.05, 0.1) is 18.5 Å². The van der Waals surface area contributed by atoms with Crippen molar-refractivity contribution in [3.8, 4) is 0 Å². The molecule has 2 aromatic carbocycles. The highest BCUT2D eigenvalue weighted by molar-refractivity contribution is 6.09. The van der Waals surface area contributed by atoms with E-state index >= 15 is 0 Å². The van der Waals surface area contributed by atoms with E-state index in [1.54, 1.807) is 24.3 Å². The van der Waals surface area contributed by atoms with Crippen molar-refractivity contribution < 1.29 is 19.1 Å². The largest absolute Gasteiger partial charge is 0.467 e. The molecule has 0 unspecified atom stereocenters. The number of nitrogens with zero attached hydrogens (tertiary/aromatic N) is 1. The van der Waals surface area contributed by atoms with Crippen LogP contribution in [0.5, 0.6) is 0 Å². The van der Waals surface area contributed by atoms with Crippen molar-refractivity contribution in [2.45, 2.75) is 12.5 Å². The highest BCUT2D eigenvalue weighted by Gasteiger charge is 2.30. The number of ether oxygens (including phenoxy) is 1. The molecule has 0 spiro atoms. The second kappa shape index (κ2) is 7.69. The number of para-hydroxylation sites is 2. The summed E-state index contributed by atoms with van der Waals surface area (Å²) in [7, 11) is 1.27. The monoisotopic (exact) mass is 353 g/mol. The Hall–Kier alpha value is -3.35. The smallest absolute Gasteiger partial charge is 0.328 e. The van der Waals surface area contributed by atoms with E-state index in [0.717, 1.165) is 5.56 Å². The van der Waals surface area contributed by atoms with Gasteiger partial charge in [0, 0.05) is 6.42 Å². The number of carbonyl (C=O) groups is 3. The summed E-state index contributed by atoms with van der Waals surface area (Å²) in [4.78, 5) is 38.1. The van der Waals surface area contributed by atoms with Gasteiger partial charge in [-0.1, -0.05) is 42.5 Å². The van der Waals surface area contributed by atoms with Gasteiger partial charge in [0.2, 0.25) is 5.91 Å². The lowest BCUT2D eigenvalue weighted by Gasteiger charge is -2.30. The fourth-order valence-electron chi connectivity index (χ4n) is 2.83. The summed E-state index contributed by atoms with van der Waals surface area (Å²) in [6.07, 6.45) is 0.293. The van der Waals surface area contributed by atoms with Gasteiger partial charge in [-0.15, -0.1) is 0 Å². The Balaban J connectivity index is 1.79. The first-order chi connectivity index (χ1) is 12.6. The average Bonchev–Trinajstić information content (AvgIpc) is 2.66. The van der Waals surface area contributed by atoms with Gasteiger partial charge in [0.25, 0.3) is 0 Å². The van der Waals surface area contributed by atoms with E-state index in [9.17, 15) is 14.4 Å². The Morgan fingerprint density at radius 2 is 1.85 bits per heavy atom. The van der Waals surface area contributed by atoms with Gasteiger partial charge in [-0.25, -0.2) is 9.59 Å². The number of urea groups is 1. The maximum atomic E-state index is 12.8. The van der Waals surface area contributed by atoms with Crippen molar-refractivity contribution in [3.63, 3.8) is 0 Å². The van der Waals surface area contributed by atoms with Crippen molar-refractivity contribution in [2.24, 2.45) is 0 Å². The molecule has 2 aromatic rings. The van der Waals surface area contributed by atoms with Gasteiger partial charge in [-0.05, 0) is 17.7 Å². The number of benzene rings is 2. The van der Waals surface area contributed by atoms with Crippen molar-refractivity contribution in [1.29, 1.82) is 0 Å². The van der Waals surface area contributed by atoms with Crippen molar-refractivity contribution in [1.82, 2.24) is 5.32 Å². The molecule has 7 nitrogen and oxygen atoms in total. The minimum atomic E-state index is -0.855. The SMILES string of the molecule is COC(=O)[C@@H](Cc1ccccc1)NC(=O)N1CC(=O)Nc2ccccc21. The highest BCUT2D eigenvalue weighted by atomic mass is 16.5. The van der Waals surface area contributed by atoms with E-state index in [2.05, 4.69) is 10.6 Å². The van der Waals surface area contributed by atoms with Crippen molar-refractivity contribution >= 4 is 29.3 Å². The predicted molar refractivity (Wildman–Crippen MR) is 96.9 cm³/mol. The molecule has 7 heteroatoms. The lowest BCUT2D eigenvalue weighted by Crippen LogP contribution is -2.52. The van der Waals surface area contributed by atoms with Crippen LogP contribution in [-0.2, 0) is 20.7 Å². The molecule has 1 heterocycles. The third-order valence-electron chi connectivity index (χ3n) is 4.08. The molecule has 1 atom stereocenters. The lowest BCUT2D eigenvalue weighted by molar-refractivity contribution is -0.142. The third-order valence-corrected chi connectivity index (χ3v) is 4.08. The molecular formula is C19H19N3O4. The van der Waals surface area contributed by atoms with Crippen LogP contribution in [0.2, 0.25) is 0 Å². The van der Waals surface area contributed by atoms with E-state index in [-0.39, 0.29) is 12.5 Å². The molecule has 0 aliphatic carbocycles. The number of fused-ring (bicyclic) bond motifs is 1. The van der Waals surface area contributed by atoms with Gasteiger partial charge >= 0.3 is 12.0 Å². The summed E-state index contributed by atoms with van der Waals surface area (Å²) in [5.74, 6) is -0.839. The third kappa shape index (κ3) is 3.83. The van der Waals surface area contributed by atoms with E-state index < -0.39 is 18.0 Å². The number of rotatable bonds is 4. The molecule has 0 radical (unpaired) electrons. The van der Waals surface area contributed by atoms with Crippen LogP contribution in [0.3, 0.4) is 0 Å². The molecular weight excluding hydrogens is 334 g/mol. The fourth-order valence-corrected chi connectivity index (χ4v) is 2.83. The van der Waals surface area contributed by atoms with E-state index in [4.69, 9.17) is 4.74 Å². The number of hydrogen-bond donors (Lipinski definition) is 2. The molecule has 134 valence electrons. The van der Waals surface area contributed by atoms with Crippen LogP contribution in [-0.4, -0.2) is 37.6 Å². The normalized spacial score (nSPS) is 14.0. The summed E-state index contributed by atoms with van der Waals surface area (Å²) < 4.78 is 4.81. The maximum absolute atomic E-state index is 12.8. The maximum Gasteiger partial charge on any atom is 0.328 e. The number of nitrogens with one attached hydrogen (secondary N) is 2. The Kier molecular flexibility index (Phi) is 5.17. The molecule has 3 rings (SSSR count). The Morgan fingerprint density at radius 1 is 1.15 bits per heavy atom. The number of amides is 3. The van der Waals surface area contributed by atoms with Gasteiger partial charge in [0.1, 0.15) is 12.6 Å². The van der Waals surface area contributed by atoms with E-state index in [1.165, 1.54) is 12.0 Å². The molecule has 26 heavy (non-hydrogen) atoms. The topological polar surface area (TPSA) is 87.7 Å². The molecule has 3 amide bonds. The summed E-state index contributed by atoms with van der Waals surface area (Å²) in [5.41, 5.74) is 2.02. The Bertz CT molecular complexity index is 823. The molecule has 1 aliphatic heterocycles. The number of hydrogen-bond acceptors (Lipinski definition) is 4. The van der Waals surface area contributed by atoms with Gasteiger partial charge in [-0.2, -0.15) is 0 Å². The summed E-state index contributed by atoms with van der Waals surface area (Å²) in [5, 5.41) is 5.40. The first kappa shape index (κ1) is 17.5. The molecule has 0 saturated carbocycles. The number of anilines is 2. The van der Waals surface area contributed by atoms with Gasteiger partial charge in [-0.3, -0.25) is 9.69 Å². The number of carbonyl (C=O) groups excluding carboxylic acids is 3. The molecule has 0 bridgehead atoms.